The van der Waals surface area contributed by atoms with Gasteiger partial charge in [0.2, 0.25) is 0 Å². The summed E-state index contributed by atoms with van der Waals surface area (Å²) in [6.07, 6.45) is 14.0. The monoisotopic (exact) mass is 288 g/mol. The Morgan fingerprint density at radius 1 is 0.789 bits per heavy atom. The van der Waals surface area contributed by atoms with Gasteiger partial charge >= 0.3 is 8.80 Å². The smallest absolute Gasteiger partial charge is 0.377 e. The second-order valence-corrected chi connectivity index (χ2v) is 8.84. The molecule has 3 nitrogen and oxygen atoms in total. The summed E-state index contributed by atoms with van der Waals surface area (Å²) in [5.74, 6) is 1.03. The number of hydrogen-bond donors (Lipinski definition) is 0. The molecule has 0 aromatic rings. The van der Waals surface area contributed by atoms with Crippen molar-refractivity contribution in [1.29, 1.82) is 0 Å². The highest BCUT2D eigenvalue weighted by atomic mass is 28.4. The van der Waals surface area contributed by atoms with Crippen LogP contribution in [0.25, 0.3) is 0 Å². The van der Waals surface area contributed by atoms with E-state index in [2.05, 4.69) is 0 Å². The molecule has 1 fully saturated rings. The van der Waals surface area contributed by atoms with Crippen LogP contribution in [-0.4, -0.2) is 30.1 Å². The molecule has 0 amide bonds. The number of unbranched alkanes of at least 4 members (excludes halogenated alkanes) is 3. The van der Waals surface area contributed by atoms with Gasteiger partial charge in [-0.15, -0.1) is 0 Å². The highest BCUT2D eigenvalue weighted by Crippen LogP contribution is 2.28. The van der Waals surface area contributed by atoms with E-state index in [1.807, 2.05) is 0 Å². The van der Waals surface area contributed by atoms with Crippen molar-refractivity contribution < 1.29 is 13.3 Å². The molecule has 0 radical (unpaired) electrons. The Morgan fingerprint density at radius 2 is 1.37 bits per heavy atom. The quantitative estimate of drug-likeness (QED) is 0.440. The standard InChI is InChI=1S/C15H32O3Si/c1-16-19(17-2,18-3)14-10-5-4-7-11-15-12-8-6-9-13-15/h15H,4-14H2,1-3H3. The molecule has 0 unspecified atom stereocenters. The van der Waals surface area contributed by atoms with E-state index >= 15 is 0 Å². The highest BCUT2D eigenvalue weighted by Gasteiger charge is 2.36. The second kappa shape index (κ2) is 9.92. The Morgan fingerprint density at radius 3 is 1.95 bits per heavy atom. The minimum atomic E-state index is -2.31. The van der Waals surface area contributed by atoms with Crippen LogP contribution in [0.15, 0.2) is 0 Å². The van der Waals surface area contributed by atoms with Crippen molar-refractivity contribution in [3.8, 4) is 0 Å². The van der Waals surface area contributed by atoms with E-state index in [1.165, 1.54) is 57.8 Å². The van der Waals surface area contributed by atoms with Gasteiger partial charge in [-0.05, 0) is 12.3 Å². The molecule has 0 bridgehead atoms. The molecule has 1 rings (SSSR count). The first-order valence-corrected chi connectivity index (χ1v) is 9.85. The molecule has 1 saturated carbocycles. The molecule has 0 N–H and O–H groups in total. The van der Waals surface area contributed by atoms with Crippen LogP contribution in [0.2, 0.25) is 6.04 Å². The van der Waals surface area contributed by atoms with Gasteiger partial charge in [0.25, 0.3) is 0 Å². The van der Waals surface area contributed by atoms with E-state index in [9.17, 15) is 0 Å². The van der Waals surface area contributed by atoms with Crippen LogP contribution >= 0.6 is 0 Å². The van der Waals surface area contributed by atoms with Gasteiger partial charge in [-0.3, -0.25) is 0 Å². The molecule has 0 aromatic carbocycles. The van der Waals surface area contributed by atoms with Crippen LogP contribution in [0.3, 0.4) is 0 Å². The molecular weight excluding hydrogens is 256 g/mol. The minimum Gasteiger partial charge on any atom is -0.377 e. The van der Waals surface area contributed by atoms with Crippen LogP contribution in [0.1, 0.15) is 64.2 Å². The van der Waals surface area contributed by atoms with Crippen molar-refractivity contribution in [2.45, 2.75) is 70.3 Å². The fourth-order valence-electron chi connectivity index (χ4n) is 3.16. The minimum absolute atomic E-state index is 0.944. The van der Waals surface area contributed by atoms with E-state index < -0.39 is 8.80 Å². The summed E-state index contributed by atoms with van der Waals surface area (Å²) in [5, 5.41) is 0. The molecule has 1 aliphatic carbocycles. The summed E-state index contributed by atoms with van der Waals surface area (Å²) in [7, 11) is 2.78. The van der Waals surface area contributed by atoms with Crippen molar-refractivity contribution in [1.82, 2.24) is 0 Å². The normalized spacial score (nSPS) is 17.8. The summed E-state index contributed by atoms with van der Waals surface area (Å²) in [6, 6.07) is 0.944. The topological polar surface area (TPSA) is 27.7 Å². The first-order chi connectivity index (χ1) is 9.26. The maximum atomic E-state index is 5.43. The molecule has 0 saturated heterocycles. The summed E-state index contributed by atoms with van der Waals surface area (Å²) in [4.78, 5) is 0. The van der Waals surface area contributed by atoms with E-state index in [0.717, 1.165) is 18.4 Å². The van der Waals surface area contributed by atoms with Gasteiger partial charge in [-0.1, -0.05) is 57.8 Å². The average Bonchev–Trinajstić information content (AvgIpc) is 2.48. The molecule has 1 aliphatic rings. The third-order valence-corrected chi connectivity index (χ3v) is 7.34. The Hall–Kier alpha value is 0.0969. The Balaban J connectivity index is 2.01. The zero-order valence-corrected chi connectivity index (χ0v) is 14.1. The van der Waals surface area contributed by atoms with Crippen LogP contribution in [0.5, 0.6) is 0 Å². The molecule has 4 heteroatoms. The zero-order valence-electron chi connectivity index (χ0n) is 13.1. The fourth-order valence-corrected chi connectivity index (χ4v) is 4.96. The van der Waals surface area contributed by atoms with Crippen molar-refractivity contribution >= 4 is 8.80 Å². The SMILES string of the molecule is CO[Si](CCCCCCC1CCCCC1)(OC)OC. The largest absolute Gasteiger partial charge is 0.500 e. The third-order valence-electron chi connectivity index (χ3n) is 4.50. The lowest BCUT2D eigenvalue weighted by molar-refractivity contribution is 0.122. The zero-order chi connectivity index (χ0) is 14.0. The van der Waals surface area contributed by atoms with Gasteiger partial charge in [0.1, 0.15) is 0 Å². The van der Waals surface area contributed by atoms with Crippen LogP contribution < -0.4 is 0 Å². The maximum absolute atomic E-state index is 5.43. The van der Waals surface area contributed by atoms with Gasteiger partial charge in [0, 0.05) is 27.4 Å². The molecule has 0 aromatic heterocycles. The molecule has 0 heterocycles. The van der Waals surface area contributed by atoms with Crippen molar-refractivity contribution in [3.05, 3.63) is 0 Å². The van der Waals surface area contributed by atoms with Crippen molar-refractivity contribution in [2.24, 2.45) is 5.92 Å². The summed E-state index contributed by atoms with van der Waals surface area (Å²) in [5.41, 5.74) is 0. The van der Waals surface area contributed by atoms with Gasteiger partial charge in [-0.25, -0.2) is 0 Å². The van der Waals surface area contributed by atoms with Gasteiger partial charge in [0.15, 0.2) is 0 Å². The molecular formula is C15H32O3Si. The predicted octanol–water partition coefficient (Wildman–Crippen LogP) is 4.40. The maximum Gasteiger partial charge on any atom is 0.500 e. The first-order valence-electron chi connectivity index (χ1n) is 7.92. The third kappa shape index (κ3) is 6.39. The highest BCUT2D eigenvalue weighted by molar-refractivity contribution is 6.60. The van der Waals surface area contributed by atoms with E-state index in [0.29, 0.717) is 0 Å². The van der Waals surface area contributed by atoms with Crippen LogP contribution in [0.4, 0.5) is 0 Å². The Labute approximate surface area is 120 Å². The predicted molar refractivity (Wildman–Crippen MR) is 81.2 cm³/mol. The van der Waals surface area contributed by atoms with Gasteiger partial charge in [-0.2, -0.15) is 0 Å². The van der Waals surface area contributed by atoms with E-state index in [1.54, 1.807) is 21.3 Å². The van der Waals surface area contributed by atoms with Crippen LogP contribution in [-0.2, 0) is 13.3 Å². The van der Waals surface area contributed by atoms with Gasteiger partial charge < -0.3 is 13.3 Å². The Kier molecular flexibility index (Phi) is 8.95. The average molecular weight is 289 g/mol. The molecule has 19 heavy (non-hydrogen) atoms. The Bertz CT molecular complexity index is 205. The van der Waals surface area contributed by atoms with Crippen molar-refractivity contribution in [3.63, 3.8) is 0 Å². The number of hydrogen-bond acceptors (Lipinski definition) is 3. The molecule has 0 aliphatic heterocycles. The summed E-state index contributed by atoms with van der Waals surface area (Å²) >= 11 is 0. The lowest BCUT2D eigenvalue weighted by Crippen LogP contribution is -2.42. The lowest BCUT2D eigenvalue weighted by atomic mass is 9.85. The number of rotatable bonds is 10. The lowest BCUT2D eigenvalue weighted by Gasteiger charge is -2.24. The van der Waals surface area contributed by atoms with Crippen molar-refractivity contribution in [2.75, 3.05) is 21.3 Å². The summed E-state index contributed by atoms with van der Waals surface area (Å²) in [6.45, 7) is 0. The van der Waals surface area contributed by atoms with Gasteiger partial charge in [0.05, 0.1) is 0 Å². The first kappa shape index (κ1) is 17.1. The van der Waals surface area contributed by atoms with E-state index in [-0.39, 0.29) is 0 Å². The molecule has 0 atom stereocenters. The van der Waals surface area contributed by atoms with E-state index in [4.69, 9.17) is 13.3 Å². The second-order valence-electron chi connectivity index (χ2n) is 5.75. The van der Waals surface area contributed by atoms with Crippen LogP contribution in [0, 0.1) is 5.92 Å². The molecule has 114 valence electrons. The fraction of sp³-hybridized carbons (Fsp3) is 1.00. The molecule has 0 spiro atoms. The summed E-state index contributed by atoms with van der Waals surface area (Å²) < 4.78 is 16.3.